The molecule has 2 fully saturated rings. The van der Waals surface area contributed by atoms with Crippen LogP contribution in [0.15, 0.2) is 54.6 Å². The molecule has 2 saturated carbocycles. The number of fused-ring (bicyclic) bond motifs is 1. The van der Waals surface area contributed by atoms with Crippen molar-refractivity contribution in [3.63, 3.8) is 0 Å². The zero-order chi connectivity index (χ0) is 23.5. The number of hydrogen-bond acceptors (Lipinski definition) is 5. The average molecular weight is 481 g/mol. The normalized spacial score (nSPS) is 21.0. The highest BCUT2D eigenvalue weighted by molar-refractivity contribution is 7.90. The fraction of sp³-hybridized carbons (Fsp3) is 0.444. The van der Waals surface area contributed by atoms with Crippen molar-refractivity contribution in [1.29, 1.82) is 0 Å². The van der Waals surface area contributed by atoms with Crippen LogP contribution in [0.3, 0.4) is 0 Å². The molecule has 1 heterocycles. The van der Waals surface area contributed by atoms with Crippen molar-refractivity contribution >= 4 is 20.9 Å². The highest BCUT2D eigenvalue weighted by Gasteiger charge is 2.37. The number of nitrogens with zero attached hydrogens (tertiary/aromatic N) is 1. The van der Waals surface area contributed by atoms with Crippen LogP contribution in [0.5, 0.6) is 5.75 Å². The summed E-state index contributed by atoms with van der Waals surface area (Å²) in [6, 6.07) is 18.2. The van der Waals surface area contributed by atoms with Gasteiger partial charge in [-0.1, -0.05) is 42.5 Å². The van der Waals surface area contributed by atoms with E-state index in [9.17, 15) is 8.42 Å². The van der Waals surface area contributed by atoms with Gasteiger partial charge in [-0.05, 0) is 63.1 Å². The maximum atomic E-state index is 12.2. The zero-order valence-electron chi connectivity index (χ0n) is 19.6. The molecular formula is C27H32N2O4S. The van der Waals surface area contributed by atoms with Crippen molar-refractivity contribution < 1.29 is 17.9 Å². The molecule has 2 aromatic carbocycles. The molecule has 3 aromatic rings. The van der Waals surface area contributed by atoms with Gasteiger partial charge in [-0.3, -0.25) is 0 Å². The van der Waals surface area contributed by atoms with Crippen molar-refractivity contribution in [2.45, 2.75) is 76.1 Å². The molecule has 1 aromatic heterocycles. The molecule has 0 aliphatic heterocycles. The van der Waals surface area contributed by atoms with Crippen LogP contribution in [0.1, 0.15) is 55.3 Å². The van der Waals surface area contributed by atoms with Gasteiger partial charge < -0.3 is 9.47 Å². The minimum atomic E-state index is -3.13. The molecule has 1 N–H and O–H groups in total. The number of benzene rings is 2. The lowest BCUT2D eigenvalue weighted by molar-refractivity contribution is 0.0110. The van der Waals surface area contributed by atoms with Crippen LogP contribution in [0, 0.1) is 6.92 Å². The average Bonchev–Trinajstić information content (AvgIpc) is 3.70. The number of hydrogen-bond donors (Lipinski definition) is 1. The Morgan fingerprint density at radius 1 is 0.912 bits per heavy atom. The molecule has 7 heteroatoms. The second-order valence-corrected chi connectivity index (χ2v) is 11.4. The van der Waals surface area contributed by atoms with Crippen LogP contribution in [-0.2, 0) is 28.0 Å². The number of ether oxygens (including phenoxy) is 2. The predicted molar refractivity (Wildman–Crippen MR) is 133 cm³/mol. The van der Waals surface area contributed by atoms with Crippen LogP contribution in [0.2, 0.25) is 0 Å². The van der Waals surface area contributed by atoms with E-state index < -0.39 is 10.0 Å². The molecular weight excluding hydrogens is 448 g/mol. The number of pyridine rings is 1. The molecule has 0 amide bonds. The van der Waals surface area contributed by atoms with Crippen LogP contribution < -0.4 is 9.46 Å². The van der Waals surface area contributed by atoms with Gasteiger partial charge in [-0.2, -0.15) is 0 Å². The molecule has 34 heavy (non-hydrogen) atoms. The first-order valence-electron chi connectivity index (χ1n) is 12.2. The SMILES string of the molecule is Cc1c(CO[C@H]2CC[C@H](NS(=O)(=O)C3CC3)CC2)nc2ccccc2c1OCc1ccccc1. The largest absolute Gasteiger partial charge is 0.488 e. The van der Waals surface area contributed by atoms with Crippen molar-refractivity contribution in [2.24, 2.45) is 0 Å². The lowest BCUT2D eigenvalue weighted by atomic mass is 9.94. The molecule has 0 saturated heterocycles. The summed E-state index contributed by atoms with van der Waals surface area (Å²) in [4.78, 5) is 4.87. The molecule has 0 atom stereocenters. The molecule has 6 nitrogen and oxygen atoms in total. The van der Waals surface area contributed by atoms with Crippen LogP contribution in [-0.4, -0.2) is 30.8 Å². The van der Waals surface area contributed by atoms with Crippen molar-refractivity contribution in [3.8, 4) is 5.75 Å². The topological polar surface area (TPSA) is 77.5 Å². The van der Waals surface area contributed by atoms with Gasteiger partial charge >= 0.3 is 0 Å². The number of aromatic nitrogens is 1. The Hall–Kier alpha value is -2.48. The number of sulfonamides is 1. The van der Waals surface area contributed by atoms with E-state index in [0.717, 1.165) is 72.0 Å². The van der Waals surface area contributed by atoms with Gasteiger partial charge in [0.1, 0.15) is 12.4 Å². The van der Waals surface area contributed by atoms with Gasteiger partial charge in [0.15, 0.2) is 0 Å². The Bertz CT molecular complexity index is 1230. The fourth-order valence-electron chi connectivity index (χ4n) is 4.63. The summed E-state index contributed by atoms with van der Waals surface area (Å²) in [5.74, 6) is 0.853. The van der Waals surface area contributed by atoms with Crippen LogP contribution in [0.4, 0.5) is 0 Å². The standard InChI is InChI=1S/C27H32N2O4S/c1-19-26(18-32-22-13-11-21(12-14-22)29-34(30,31)23-15-16-23)28-25-10-6-5-9-24(25)27(19)33-17-20-7-3-2-4-8-20/h2-10,21-23,29H,11-18H2,1H3/t21-,22-. The molecule has 0 bridgehead atoms. The second kappa shape index (κ2) is 10.0. The zero-order valence-corrected chi connectivity index (χ0v) is 20.4. The summed E-state index contributed by atoms with van der Waals surface area (Å²) in [6.07, 6.45) is 5.02. The van der Waals surface area contributed by atoms with E-state index in [2.05, 4.69) is 16.9 Å². The highest BCUT2D eigenvalue weighted by atomic mass is 32.2. The van der Waals surface area contributed by atoms with Gasteiger partial charge in [-0.25, -0.2) is 18.1 Å². The quantitative estimate of drug-likeness (QED) is 0.465. The van der Waals surface area contributed by atoms with E-state index >= 15 is 0 Å². The molecule has 0 radical (unpaired) electrons. The van der Waals surface area contributed by atoms with Crippen LogP contribution >= 0.6 is 0 Å². The lowest BCUT2D eigenvalue weighted by Crippen LogP contribution is -2.40. The van der Waals surface area contributed by atoms with Crippen molar-refractivity contribution in [1.82, 2.24) is 9.71 Å². The molecule has 2 aliphatic carbocycles. The summed E-state index contributed by atoms with van der Waals surface area (Å²) in [5, 5.41) is 0.838. The molecule has 0 spiro atoms. The monoisotopic (exact) mass is 480 g/mol. The summed E-state index contributed by atoms with van der Waals surface area (Å²) >= 11 is 0. The summed E-state index contributed by atoms with van der Waals surface area (Å²) < 4.78 is 39.9. The Kier molecular flexibility index (Phi) is 6.86. The van der Waals surface area contributed by atoms with E-state index in [1.807, 2.05) is 49.4 Å². The summed E-state index contributed by atoms with van der Waals surface area (Å²) in [6.45, 7) is 2.96. The Morgan fingerprint density at radius 2 is 1.62 bits per heavy atom. The van der Waals surface area contributed by atoms with E-state index in [-0.39, 0.29) is 17.4 Å². The maximum Gasteiger partial charge on any atom is 0.214 e. The third kappa shape index (κ3) is 5.43. The molecule has 5 rings (SSSR count). The highest BCUT2D eigenvalue weighted by Crippen LogP contribution is 2.33. The fourth-order valence-corrected chi connectivity index (χ4v) is 6.28. The van der Waals surface area contributed by atoms with Gasteiger partial charge in [0, 0.05) is 17.0 Å². The minimum Gasteiger partial charge on any atom is -0.488 e. The lowest BCUT2D eigenvalue weighted by Gasteiger charge is -2.29. The summed E-state index contributed by atoms with van der Waals surface area (Å²) in [5.41, 5.74) is 3.90. The van der Waals surface area contributed by atoms with E-state index in [1.165, 1.54) is 0 Å². The Morgan fingerprint density at radius 3 is 2.35 bits per heavy atom. The number of para-hydroxylation sites is 1. The van der Waals surface area contributed by atoms with E-state index in [0.29, 0.717) is 13.2 Å². The summed E-state index contributed by atoms with van der Waals surface area (Å²) in [7, 11) is -3.13. The van der Waals surface area contributed by atoms with Gasteiger partial charge in [-0.15, -0.1) is 0 Å². The van der Waals surface area contributed by atoms with Crippen molar-refractivity contribution in [2.75, 3.05) is 0 Å². The third-order valence-corrected chi connectivity index (χ3v) is 8.84. The van der Waals surface area contributed by atoms with Gasteiger partial charge in [0.05, 0.1) is 29.2 Å². The van der Waals surface area contributed by atoms with E-state index in [4.69, 9.17) is 14.5 Å². The first-order valence-corrected chi connectivity index (χ1v) is 13.7. The first-order chi connectivity index (χ1) is 16.5. The van der Waals surface area contributed by atoms with Crippen LogP contribution in [0.25, 0.3) is 10.9 Å². The molecule has 0 unspecified atom stereocenters. The Labute approximate surface area is 201 Å². The minimum absolute atomic E-state index is 0.0315. The third-order valence-electron chi connectivity index (χ3n) is 6.83. The second-order valence-electron chi connectivity index (χ2n) is 9.45. The molecule has 2 aliphatic rings. The number of rotatable bonds is 9. The first kappa shape index (κ1) is 23.3. The van der Waals surface area contributed by atoms with Gasteiger partial charge in [0.2, 0.25) is 10.0 Å². The maximum absolute atomic E-state index is 12.2. The van der Waals surface area contributed by atoms with Gasteiger partial charge in [0.25, 0.3) is 0 Å². The van der Waals surface area contributed by atoms with Crippen molar-refractivity contribution in [3.05, 3.63) is 71.4 Å². The van der Waals surface area contributed by atoms with E-state index in [1.54, 1.807) is 0 Å². The Balaban J connectivity index is 1.23. The molecule has 180 valence electrons. The number of nitrogens with one attached hydrogen (secondary N) is 1. The predicted octanol–water partition coefficient (Wildman–Crippen LogP) is 5.03. The smallest absolute Gasteiger partial charge is 0.214 e.